The SMILES string of the molecule is CC(C)(C)C(=O)Oc1cc(CO)cc(OC(=O)C(C)(C)C)c1OC(=O)C(C)(C)C. The Morgan fingerprint density at radius 3 is 1.28 bits per heavy atom. The lowest BCUT2D eigenvalue weighted by Gasteiger charge is -2.23. The number of ether oxygens (including phenoxy) is 3. The molecule has 1 aromatic rings. The lowest BCUT2D eigenvalue weighted by Crippen LogP contribution is -2.29. The van der Waals surface area contributed by atoms with Crippen LogP contribution in [0, 0.1) is 16.2 Å². The van der Waals surface area contributed by atoms with Crippen LogP contribution >= 0.6 is 0 Å². The molecule has 0 spiro atoms. The predicted octanol–water partition coefficient (Wildman–Crippen LogP) is 4.03. The van der Waals surface area contributed by atoms with Gasteiger partial charge in [-0.15, -0.1) is 0 Å². The van der Waals surface area contributed by atoms with Crippen LogP contribution in [0.4, 0.5) is 0 Å². The van der Waals surface area contributed by atoms with E-state index in [1.54, 1.807) is 62.3 Å². The molecule has 0 fully saturated rings. The van der Waals surface area contributed by atoms with Crippen LogP contribution in [0.5, 0.6) is 17.2 Å². The maximum atomic E-state index is 12.5. The van der Waals surface area contributed by atoms with Gasteiger partial charge in [-0.1, -0.05) is 0 Å². The van der Waals surface area contributed by atoms with Crippen molar-refractivity contribution in [2.75, 3.05) is 0 Å². The van der Waals surface area contributed by atoms with E-state index in [1.807, 2.05) is 0 Å². The fraction of sp³-hybridized carbons (Fsp3) is 0.591. The smallest absolute Gasteiger partial charge is 0.316 e. The van der Waals surface area contributed by atoms with E-state index >= 15 is 0 Å². The van der Waals surface area contributed by atoms with Gasteiger partial charge in [0.1, 0.15) is 0 Å². The molecular formula is C22H32O7. The Morgan fingerprint density at radius 1 is 0.690 bits per heavy atom. The third-order valence-corrected chi connectivity index (χ3v) is 3.70. The Hall–Kier alpha value is -2.41. The zero-order chi connectivity index (χ0) is 22.8. The van der Waals surface area contributed by atoms with Crippen LogP contribution < -0.4 is 14.2 Å². The third-order valence-electron chi connectivity index (χ3n) is 3.70. The van der Waals surface area contributed by atoms with Gasteiger partial charge >= 0.3 is 17.9 Å². The second kappa shape index (κ2) is 8.53. The molecule has 0 aliphatic heterocycles. The molecule has 162 valence electrons. The van der Waals surface area contributed by atoms with Gasteiger partial charge in [-0.3, -0.25) is 14.4 Å². The van der Waals surface area contributed by atoms with Gasteiger partial charge in [0.25, 0.3) is 0 Å². The Balaban J connectivity index is 3.58. The molecule has 1 rings (SSSR count). The van der Waals surface area contributed by atoms with Gasteiger partial charge in [-0.25, -0.2) is 0 Å². The lowest BCUT2D eigenvalue weighted by atomic mass is 9.97. The molecule has 0 unspecified atom stereocenters. The third kappa shape index (κ3) is 6.85. The summed E-state index contributed by atoms with van der Waals surface area (Å²) in [6, 6.07) is 2.76. The highest BCUT2D eigenvalue weighted by Gasteiger charge is 2.32. The second-order valence-electron chi connectivity index (χ2n) is 10.00. The maximum absolute atomic E-state index is 12.5. The van der Waals surface area contributed by atoms with E-state index in [2.05, 4.69) is 0 Å². The summed E-state index contributed by atoms with van der Waals surface area (Å²) in [5.41, 5.74) is -2.19. The van der Waals surface area contributed by atoms with Gasteiger partial charge in [-0.05, 0) is 80.0 Å². The molecule has 7 nitrogen and oxygen atoms in total. The van der Waals surface area contributed by atoms with Crippen molar-refractivity contribution >= 4 is 17.9 Å². The van der Waals surface area contributed by atoms with Crippen molar-refractivity contribution in [3.8, 4) is 17.2 Å². The van der Waals surface area contributed by atoms with Crippen LogP contribution in [0.3, 0.4) is 0 Å². The first kappa shape index (κ1) is 24.6. The minimum Gasteiger partial charge on any atom is -0.422 e. The first-order valence-electron chi connectivity index (χ1n) is 9.41. The zero-order valence-corrected chi connectivity index (χ0v) is 18.8. The Bertz CT molecular complexity index is 738. The topological polar surface area (TPSA) is 99.1 Å². The average molecular weight is 408 g/mol. The van der Waals surface area contributed by atoms with Crippen molar-refractivity contribution in [1.82, 2.24) is 0 Å². The molecule has 0 aromatic heterocycles. The van der Waals surface area contributed by atoms with Crippen LogP contribution in [0.15, 0.2) is 12.1 Å². The van der Waals surface area contributed by atoms with Gasteiger partial charge in [0.2, 0.25) is 5.75 Å². The molecule has 0 radical (unpaired) electrons. The summed E-state index contributed by atoms with van der Waals surface area (Å²) in [4.78, 5) is 37.4. The number of rotatable bonds is 4. The lowest BCUT2D eigenvalue weighted by molar-refractivity contribution is -0.146. The number of benzene rings is 1. The molecule has 0 bridgehead atoms. The average Bonchev–Trinajstić information content (AvgIpc) is 2.54. The van der Waals surface area contributed by atoms with Crippen molar-refractivity contribution in [3.63, 3.8) is 0 Å². The van der Waals surface area contributed by atoms with E-state index < -0.39 is 40.8 Å². The number of aliphatic hydroxyl groups is 1. The number of hydrogen-bond acceptors (Lipinski definition) is 7. The Labute approximate surface area is 172 Å². The molecule has 7 heteroatoms. The van der Waals surface area contributed by atoms with Gasteiger partial charge in [0, 0.05) is 0 Å². The summed E-state index contributed by atoms with van der Waals surface area (Å²) in [5.74, 6) is -2.15. The van der Waals surface area contributed by atoms with E-state index in [4.69, 9.17) is 14.2 Å². The molecule has 0 saturated carbocycles. The number of hydrogen-bond donors (Lipinski definition) is 1. The first-order valence-corrected chi connectivity index (χ1v) is 9.41. The van der Waals surface area contributed by atoms with Crippen molar-refractivity contribution in [1.29, 1.82) is 0 Å². The van der Waals surface area contributed by atoms with Gasteiger partial charge in [-0.2, -0.15) is 0 Å². The van der Waals surface area contributed by atoms with Crippen molar-refractivity contribution in [3.05, 3.63) is 17.7 Å². The minimum absolute atomic E-state index is 0.106. The number of aliphatic hydroxyl groups excluding tert-OH is 1. The molecule has 0 heterocycles. The monoisotopic (exact) mass is 408 g/mol. The van der Waals surface area contributed by atoms with Gasteiger partial charge in [0.15, 0.2) is 11.5 Å². The molecule has 1 aromatic carbocycles. The quantitative estimate of drug-likeness (QED) is 0.593. The zero-order valence-electron chi connectivity index (χ0n) is 18.8. The van der Waals surface area contributed by atoms with E-state index in [1.165, 1.54) is 12.1 Å². The molecule has 0 atom stereocenters. The van der Waals surface area contributed by atoms with Gasteiger partial charge < -0.3 is 19.3 Å². The minimum atomic E-state index is -0.855. The van der Waals surface area contributed by atoms with Crippen LogP contribution in [-0.2, 0) is 21.0 Å². The van der Waals surface area contributed by atoms with Crippen molar-refractivity contribution in [2.45, 2.75) is 68.9 Å². The Kier molecular flexibility index (Phi) is 7.24. The summed E-state index contributed by atoms with van der Waals surface area (Å²) in [7, 11) is 0. The number of esters is 3. The highest BCUT2D eigenvalue weighted by atomic mass is 16.6. The second-order valence-corrected chi connectivity index (χ2v) is 10.00. The molecule has 0 aliphatic rings. The summed E-state index contributed by atoms with van der Waals surface area (Å²) in [5, 5.41) is 9.59. The number of carbonyl (C=O) groups excluding carboxylic acids is 3. The normalized spacial score (nSPS) is 12.3. The van der Waals surface area contributed by atoms with E-state index in [0.717, 1.165) is 0 Å². The first-order chi connectivity index (χ1) is 13.0. The van der Waals surface area contributed by atoms with Crippen molar-refractivity contribution in [2.24, 2.45) is 16.2 Å². The molecule has 1 N–H and O–H groups in total. The molecular weight excluding hydrogens is 376 g/mol. The summed E-state index contributed by atoms with van der Waals surface area (Å²) in [6.45, 7) is 14.6. The number of carbonyl (C=O) groups is 3. The maximum Gasteiger partial charge on any atom is 0.316 e. The fourth-order valence-corrected chi connectivity index (χ4v) is 1.73. The summed E-state index contributed by atoms with van der Waals surface area (Å²) < 4.78 is 16.4. The largest absolute Gasteiger partial charge is 0.422 e. The Morgan fingerprint density at radius 2 is 1.00 bits per heavy atom. The fourth-order valence-electron chi connectivity index (χ4n) is 1.73. The molecule has 0 amide bonds. The molecule has 0 aliphatic carbocycles. The highest BCUT2D eigenvalue weighted by molar-refractivity contribution is 5.84. The van der Waals surface area contributed by atoms with E-state index in [9.17, 15) is 19.5 Å². The predicted molar refractivity (Wildman–Crippen MR) is 108 cm³/mol. The van der Waals surface area contributed by atoms with Gasteiger partial charge in [0.05, 0.1) is 22.9 Å². The van der Waals surface area contributed by atoms with E-state index in [-0.39, 0.29) is 17.2 Å². The highest BCUT2D eigenvalue weighted by Crippen LogP contribution is 2.42. The van der Waals surface area contributed by atoms with Crippen LogP contribution in [0.1, 0.15) is 67.9 Å². The standard InChI is InChI=1S/C22H32O7/c1-20(2,3)17(24)27-14-10-13(12-23)11-15(28-18(25)21(4,5)6)16(14)29-19(26)22(7,8)9/h10-11,23H,12H2,1-9H3. The molecule has 29 heavy (non-hydrogen) atoms. The van der Waals surface area contributed by atoms with Crippen molar-refractivity contribution < 1.29 is 33.7 Å². The summed E-state index contributed by atoms with van der Waals surface area (Å²) >= 11 is 0. The molecule has 0 saturated heterocycles. The van der Waals surface area contributed by atoms with Crippen LogP contribution in [0.2, 0.25) is 0 Å². The van der Waals surface area contributed by atoms with Crippen LogP contribution in [-0.4, -0.2) is 23.0 Å². The van der Waals surface area contributed by atoms with Crippen LogP contribution in [0.25, 0.3) is 0 Å². The van der Waals surface area contributed by atoms with E-state index in [0.29, 0.717) is 5.56 Å². The summed E-state index contributed by atoms with van der Waals surface area (Å²) in [6.07, 6.45) is 0.